The molecule has 4 nitrogen and oxygen atoms in total. The van der Waals surface area contributed by atoms with Gasteiger partial charge in [-0.05, 0) is 43.0 Å². The molecule has 0 aliphatic heterocycles. The van der Waals surface area contributed by atoms with Crippen LogP contribution in [0.3, 0.4) is 0 Å². The molecule has 0 atom stereocenters. The van der Waals surface area contributed by atoms with Crippen molar-refractivity contribution in [2.24, 2.45) is 4.99 Å². The van der Waals surface area contributed by atoms with Gasteiger partial charge in [0.25, 0.3) is 0 Å². The lowest BCUT2D eigenvalue weighted by Gasteiger charge is -2.17. The highest BCUT2D eigenvalue weighted by Gasteiger charge is 2.15. The molecule has 0 aromatic heterocycles. The van der Waals surface area contributed by atoms with Crippen LogP contribution in [-0.4, -0.2) is 26.2 Å². The second-order valence-electron chi connectivity index (χ2n) is 5.41. The first kappa shape index (κ1) is 14.7. The summed E-state index contributed by atoms with van der Waals surface area (Å²) in [6.45, 7) is 2.84. The first-order chi connectivity index (χ1) is 9.71. The molecule has 0 amide bonds. The Balaban J connectivity index is 1.90. The molecule has 0 heterocycles. The zero-order chi connectivity index (χ0) is 14.4. The fourth-order valence-electron chi connectivity index (χ4n) is 2.69. The van der Waals surface area contributed by atoms with Crippen molar-refractivity contribution in [3.8, 4) is 5.75 Å². The maximum absolute atomic E-state index is 5.30. The Morgan fingerprint density at radius 3 is 2.70 bits per heavy atom. The molecule has 1 aliphatic rings. The summed E-state index contributed by atoms with van der Waals surface area (Å²) in [5.74, 6) is 1.79. The van der Waals surface area contributed by atoms with E-state index in [0.29, 0.717) is 6.04 Å². The van der Waals surface area contributed by atoms with Gasteiger partial charge in [-0.25, -0.2) is 0 Å². The molecule has 1 aromatic carbocycles. The van der Waals surface area contributed by atoms with E-state index >= 15 is 0 Å². The molecule has 1 aliphatic carbocycles. The fourth-order valence-corrected chi connectivity index (χ4v) is 2.69. The van der Waals surface area contributed by atoms with Crippen molar-refractivity contribution in [1.82, 2.24) is 10.6 Å². The van der Waals surface area contributed by atoms with Gasteiger partial charge in [0.05, 0.1) is 7.11 Å². The molecular weight excluding hydrogens is 250 g/mol. The average molecular weight is 275 g/mol. The zero-order valence-corrected chi connectivity index (χ0v) is 12.7. The van der Waals surface area contributed by atoms with Gasteiger partial charge in [0.1, 0.15) is 5.75 Å². The lowest BCUT2D eigenvalue weighted by Crippen LogP contribution is -2.41. The van der Waals surface area contributed by atoms with Gasteiger partial charge in [0.15, 0.2) is 5.96 Å². The minimum atomic E-state index is 0.577. The molecule has 1 saturated carbocycles. The molecule has 0 bridgehead atoms. The molecule has 1 fully saturated rings. The number of benzene rings is 1. The fraction of sp³-hybridized carbons (Fsp3) is 0.562. The number of hydrogen-bond acceptors (Lipinski definition) is 2. The molecule has 1 aromatic rings. The lowest BCUT2D eigenvalue weighted by molar-refractivity contribution is 0.414. The normalized spacial score (nSPS) is 16.2. The van der Waals surface area contributed by atoms with Gasteiger partial charge in [-0.15, -0.1) is 0 Å². The van der Waals surface area contributed by atoms with Crippen molar-refractivity contribution in [2.75, 3.05) is 14.2 Å². The van der Waals surface area contributed by atoms with Crippen LogP contribution < -0.4 is 15.4 Å². The first-order valence-electron chi connectivity index (χ1n) is 7.33. The van der Waals surface area contributed by atoms with Crippen LogP contribution in [-0.2, 0) is 6.54 Å². The molecule has 0 unspecified atom stereocenters. The van der Waals surface area contributed by atoms with Gasteiger partial charge in [-0.2, -0.15) is 0 Å². The summed E-state index contributed by atoms with van der Waals surface area (Å²) in [7, 11) is 3.52. The summed E-state index contributed by atoms with van der Waals surface area (Å²) in [5.41, 5.74) is 2.41. The Morgan fingerprint density at radius 1 is 1.30 bits per heavy atom. The number of rotatable bonds is 4. The molecular formula is C16H25N3O. The number of methoxy groups -OCH3 is 1. The molecule has 0 spiro atoms. The van der Waals surface area contributed by atoms with Gasteiger partial charge in [0.2, 0.25) is 0 Å². The number of hydrogen-bond donors (Lipinski definition) is 2. The Hall–Kier alpha value is -1.71. The number of ether oxygens (including phenoxy) is 1. The summed E-state index contributed by atoms with van der Waals surface area (Å²) in [6.07, 6.45) is 5.14. The maximum atomic E-state index is 5.30. The van der Waals surface area contributed by atoms with E-state index in [2.05, 4.69) is 34.7 Å². The van der Waals surface area contributed by atoms with Crippen LogP contribution in [0.1, 0.15) is 36.8 Å². The minimum absolute atomic E-state index is 0.577. The standard InChI is InChI=1S/C16H25N3O/c1-12-8-13(10-15(9-12)20-3)11-18-16(17-2)19-14-6-4-5-7-14/h8-10,14H,4-7,11H2,1-3H3,(H2,17,18,19). The molecule has 0 radical (unpaired) electrons. The highest BCUT2D eigenvalue weighted by Crippen LogP contribution is 2.18. The summed E-state index contributed by atoms with van der Waals surface area (Å²) in [6, 6.07) is 6.84. The highest BCUT2D eigenvalue weighted by molar-refractivity contribution is 5.80. The monoisotopic (exact) mass is 275 g/mol. The third kappa shape index (κ3) is 4.15. The Kier molecular flexibility index (Phi) is 5.27. The van der Waals surface area contributed by atoms with E-state index in [1.54, 1.807) is 7.11 Å². The summed E-state index contributed by atoms with van der Waals surface area (Å²) < 4.78 is 5.30. The lowest BCUT2D eigenvalue weighted by atomic mass is 10.1. The molecule has 2 N–H and O–H groups in total. The van der Waals surface area contributed by atoms with Crippen molar-refractivity contribution in [3.05, 3.63) is 29.3 Å². The number of nitrogens with one attached hydrogen (secondary N) is 2. The van der Waals surface area contributed by atoms with Crippen molar-refractivity contribution in [2.45, 2.75) is 45.2 Å². The molecule has 20 heavy (non-hydrogen) atoms. The molecule has 0 saturated heterocycles. The van der Waals surface area contributed by atoms with Crippen molar-refractivity contribution >= 4 is 5.96 Å². The van der Waals surface area contributed by atoms with Crippen molar-refractivity contribution in [3.63, 3.8) is 0 Å². The van der Waals surface area contributed by atoms with Crippen LogP contribution in [0.25, 0.3) is 0 Å². The Morgan fingerprint density at radius 2 is 2.05 bits per heavy atom. The summed E-state index contributed by atoms with van der Waals surface area (Å²) >= 11 is 0. The largest absolute Gasteiger partial charge is 0.497 e. The van der Waals surface area contributed by atoms with E-state index in [1.165, 1.54) is 36.8 Å². The van der Waals surface area contributed by atoms with E-state index in [4.69, 9.17) is 4.74 Å². The van der Waals surface area contributed by atoms with Gasteiger partial charge in [0, 0.05) is 19.6 Å². The van der Waals surface area contributed by atoms with Crippen LogP contribution in [0.15, 0.2) is 23.2 Å². The number of aryl methyl sites for hydroxylation is 1. The molecule has 4 heteroatoms. The maximum Gasteiger partial charge on any atom is 0.191 e. The minimum Gasteiger partial charge on any atom is -0.497 e. The van der Waals surface area contributed by atoms with E-state index in [-0.39, 0.29) is 0 Å². The molecule has 110 valence electrons. The zero-order valence-electron chi connectivity index (χ0n) is 12.7. The smallest absolute Gasteiger partial charge is 0.191 e. The van der Waals surface area contributed by atoms with Gasteiger partial charge in [-0.3, -0.25) is 4.99 Å². The highest BCUT2D eigenvalue weighted by atomic mass is 16.5. The van der Waals surface area contributed by atoms with Gasteiger partial charge < -0.3 is 15.4 Å². The summed E-state index contributed by atoms with van der Waals surface area (Å²) in [5, 5.41) is 6.86. The van der Waals surface area contributed by atoms with Crippen molar-refractivity contribution < 1.29 is 4.74 Å². The van der Waals surface area contributed by atoms with E-state index < -0.39 is 0 Å². The van der Waals surface area contributed by atoms with E-state index in [1.807, 2.05) is 13.1 Å². The molecule has 2 rings (SSSR count). The van der Waals surface area contributed by atoms with Crippen LogP contribution in [0.2, 0.25) is 0 Å². The third-order valence-electron chi connectivity index (χ3n) is 3.73. The second kappa shape index (κ2) is 7.17. The van der Waals surface area contributed by atoms with Crippen LogP contribution in [0, 0.1) is 6.92 Å². The van der Waals surface area contributed by atoms with Gasteiger partial charge in [-0.1, -0.05) is 18.9 Å². The number of guanidine groups is 1. The first-order valence-corrected chi connectivity index (χ1v) is 7.33. The third-order valence-corrected chi connectivity index (χ3v) is 3.73. The van der Waals surface area contributed by atoms with Gasteiger partial charge >= 0.3 is 0 Å². The number of nitrogens with zero attached hydrogens (tertiary/aromatic N) is 1. The van der Waals surface area contributed by atoms with E-state index in [0.717, 1.165) is 18.3 Å². The quantitative estimate of drug-likeness (QED) is 0.656. The summed E-state index contributed by atoms with van der Waals surface area (Å²) in [4.78, 5) is 4.29. The predicted molar refractivity (Wildman–Crippen MR) is 83.3 cm³/mol. The average Bonchev–Trinajstić information content (AvgIpc) is 2.95. The van der Waals surface area contributed by atoms with Crippen LogP contribution in [0.5, 0.6) is 5.75 Å². The number of aliphatic imine (C=N–C) groups is 1. The second-order valence-corrected chi connectivity index (χ2v) is 5.41. The Bertz CT molecular complexity index is 465. The predicted octanol–water partition coefficient (Wildman–Crippen LogP) is 2.61. The van der Waals surface area contributed by atoms with E-state index in [9.17, 15) is 0 Å². The van der Waals surface area contributed by atoms with Crippen LogP contribution >= 0.6 is 0 Å². The van der Waals surface area contributed by atoms with Crippen molar-refractivity contribution in [1.29, 1.82) is 0 Å². The SMILES string of the molecule is CN=C(NCc1cc(C)cc(OC)c1)NC1CCCC1. The Labute approximate surface area is 121 Å². The topological polar surface area (TPSA) is 45.7 Å². The van der Waals surface area contributed by atoms with Crippen LogP contribution in [0.4, 0.5) is 0 Å².